The van der Waals surface area contributed by atoms with Gasteiger partial charge in [0.15, 0.2) is 5.78 Å². The van der Waals surface area contributed by atoms with Crippen molar-refractivity contribution >= 4 is 11.8 Å². The summed E-state index contributed by atoms with van der Waals surface area (Å²) in [5.74, 6) is -0.592. The third kappa shape index (κ3) is 5.84. The summed E-state index contributed by atoms with van der Waals surface area (Å²) in [5, 5.41) is 0. The van der Waals surface area contributed by atoms with Crippen LogP contribution in [0.25, 0.3) is 0 Å². The number of hydrogen-bond donors (Lipinski definition) is 0. The Morgan fingerprint density at radius 2 is 1.71 bits per heavy atom. The molecule has 0 aromatic rings. The van der Waals surface area contributed by atoms with Gasteiger partial charge in [-0.05, 0) is 39.7 Å². The highest BCUT2D eigenvalue weighted by molar-refractivity contribution is 5.96. The van der Waals surface area contributed by atoms with E-state index in [-0.39, 0.29) is 11.9 Å². The topological polar surface area (TPSA) is 52.6 Å². The Bertz CT molecular complexity index is 402. The predicted octanol–water partition coefficient (Wildman–Crippen LogP) is 3.60. The summed E-state index contributed by atoms with van der Waals surface area (Å²) in [4.78, 5) is 23.3. The first-order chi connectivity index (χ1) is 9.66. The number of carbonyl (C=O) groups excluding carboxylic acids is 2. The van der Waals surface area contributed by atoms with E-state index in [0.717, 1.165) is 6.08 Å². The first-order valence-electron chi connectivity index (χ1n) is 7.36. The molecule has 0 spiro atoms. The zero-order valence-corrected chi connectivity index (χ0v) is 13.9. The van der Waals surface area contributed by atoms with Gasteiger partial charge in [0, 0.05) is 12.5 Å². The summed E-state index contributed by atoms with van der Waals surface area (Å²) in [6, 6.07) is 0. The van der Waals surface area contributed by atoms with Crippen molar-refractivity contribution in [3.05, 3.63) is 25.3 Å². The second-order valence-corrected chi connectivity index (χ2v) is 5.71. The zero-order valence-electron chi connectivity index (χ0n) is 13.9. The summed E-state index contributed by atoms with van der Waals surface area (Å²) in [7, 11) is 0. The van der Waals surface area contributed by atoms with Crippen molar-refractivity contribution < 1.29 is 19.1 Å². The first-order valence-corrected chi connectivity index (χ1v) is 7.36. The summed E-state index contributed by atoms with van der Waals surface area (Å²) >= 11 is 0. The lowest BCUT2D eigenvalue weighted by Crippen LogP contribution is -2.42. The number of esters is 1. The molecule has 3 atom stereocenters. The van der Waals surface area contributed by atoms with Crippen LogP contribution in [0.5, 0.6) is 0 Å². The van der Waals surface area contributed by atoms with Crippen LogP contribution in [0.2, 0.25) is 0 Å². The molecule has 0 aliphatic rings. The van der Waals surface area contributed by atoms with Crippen molar-refractivity contribution in [2.24, 2.45) is 0 Å². The van der Waals surface area contributed by atoms with Crippen LogP contribution in [-0.4, -0.2) is 29.1 Å². The van der Waals surface area contributed by atoms with Crippen molar-refractivity contribution in [2.45, 2.75) is 71.2 Å². The Labute approximate surface area is 128 Å². The highest BCUT2D eigenvalue weighted by Gasteiger charge is 2.35. The Morgan fingerprint density at radius 1 is 1.14 bits per heavy atom. The van der Waals surface area contributed by atoms with E-state index in [0.29, 0.717) is 19.3 Å². The highest BCUT2D eigenvalue weighted by atomic mass is 16.6. The average molecular weight is 296 g/mol. The van der Waals surface area contributed by atoms with Gasteiger partial charge in [-0.3, -0.25) is 4.79 Å². The molecule has 0 aromatic carbocycles. The molecule has 0 amide bonds. The zero-order chi connectivity index (χ0) is 16.7. The lowest BCUT2D eigenvalue weighted by atomic mass is 9.93. The second kappa shape index (κ2) is 8.13. The van der Waals surface area contributed by atoms with E-state index in [2.05, 4.69) is 13.2 Å². The van der Waals surface area contributed by atoms with Gasteiger partial charge in [-0.2, -0.15) is 0 Å². The lowest BCUT2D eigenvalue weighted by molar-refractivity contribution is -0.164. The molecule has 0 saturated carbocycles. The Hall–Kier alpha value is -1.42. The molecule has 0 bridgehead atoms. The average Bonchev–Trinajstić information content (AvgIpc) is 2.45. The molecule has 0 rings (SSSR count). The van der Waals surface area contributed by atoms with Gasteiger partial charge in [-0.25, -0.2) is 4.79 Å². The molecule has 3 unspecified atom stereocenters. The standard InChI is InChI=1S/C17H28O4/c1-8-14(18)17(7,11-4)20-13(5)12-16(6,10-3)21-15(19)9-2/h8-9,13H,1-2,10-12H2,3-7H3. The summed E-state index contributed by atoms with van der Waals surface area (Å²) in [5.41, 5.74) is -1.53. The lowest BCUT2D eigenvalue weighted by Gasteiger charge is -2.35. The quantitative estimate of drug-likeness (QED) is 0.456. The van der Waals surface area contributed by atoms with Crippen molar-refractivity contribution in [1.82, 2.24) is 0 Å². The predicted molar refractivity (Wildman–Crippen MR) is 84.0 cm³/mol. The third-order valence-corrected chi connectivity index (χ3v) is 3.82. The maximum absolute atomic E-state index is 11.9. The fourth-order valence-electron chi connectivity index (χ4n) is 2.17. The van der Waals surface area contributed by atoms with Gasteiger partial charge in [0.25, 0.3) is 0 Å². The third-order valence-electron chi connectivity index (χ3n) is 3.82. The number of ether oxygens (including phenoxy) is 2. The summed E-state index contributed by atoms with van der Waals surface area (Å²) in [6.45, 7) is 16.2. The van der Waals surface area contributed by atoms with Crippen LogP contribution < -0.4 is 0 Å². The van der Waals surface area contributed by atoms with Crippen LogP contribution >= 0.6 is 0 Å². The van der Waals surface area contributed by atoms with Crippen molar-refractivity contribution in [1.29, 1.82) is 0 Å². The van der Waals surface area contributed by atoms with E-state index in [4.69, 9.17) is 9.47 Å². The smallest absolute Gasteiger partial charge is 0.330 e. The van der Waals surface area contributed by atoms with Crippen LogP contribution in [0, 0.1) is 0 Å². The van der Waals surface area contributed by atoms with E-state index in [1.54, 1.807) is 6.92 Å². The number of ketones is 1. The molecule has 21 heavy (non-hydrogen) atoms. The molecule has 0 saturated heterocycles. The van der Waals surface area contributed by atoms with Crippen LogP contribution in [0.3, 0.4) is 0 Å². The molecule has 4 heteroatoms. The van der Waals surface area contributed by atoms with Crippen molar-refractivity contribution in [3.8, 4) is 0 Å². The number of rotatable bonds is 10. The maximum Gasteiger partial charge on any atom is 0.330 e. The van der Waals surface area contributed by atoms with E-state index in [1.165, 1.54) is 6.08 Å². The number of carbonyl (C=O) groups is 2. The van der Waals surface area contributed by atoms with Gasteiger partial charge in [0.1, 0.15) is 11.2 Å². The molecule has 0 aromatic heterocycles. The fourth-order valence-corrected chi connectivity index (χ4v) is 2.17. The minimum atomic E-state index is -0.891. The van der Waals surface area contributed by atoms with Crippen LogP contribution in [-0.2, 0) is 19.1 Å². The minimum Gasteiger partial charge on any atom is -0.456 e. The molecule has 0 radical (unpaired) electrons. The molecule has 120 valence electrons. The molecule has 0 aliphatic carbocycles. The summed E-state index contributed by atoms with van der Waals surface area (Å²) < 4.78 is 11.3. The van der Waals surface area contributed by atoms with Crippen molar-refractivity contribution in [2.75, 3.05) is 0 Å². The van der Waals surface area contributed by atoms with E-state index < -0.39 is 17.2 Å². The molecule has 4 nitrogen and oxygen atoms in total. The van der Waals surface area contributed by atoms with Gasteiger partial charge >= 0.3 is 5.97 Å². The molecule has 0 N–H and O–H groups in total. The molecule has 0 aliphatic heterocycles. The van der Waals surface area contributed by atoms with E-state index >= 15 is 0 Å². The van der Waals surface area contributed by atoms with Crippen LogP contribution in [0.15, 0.2) is 25.3 Å². The Balaban J connectivity index is 4.89. The molecular formula is C17H28O4. The van der Waals surface area contributed by atoms with Gasteiger partial charge in [-0.1, -0.05) is 27.0 Å². The van der Waals surface area contributed by atoms with E-state index in [1.807, 2.05) is 27.7 Å². The maximum atomic E-state index is 11.9. The number of hydrogen-bond acceptors (Lipinski definition) is 4. The van der Waals surface area contributed by atoms with Crippen molar-refractivity contribution in [3.63, 3.8) is 0 Å². The largest absolute Gasteiger partial charge is 0.456 e. The fraction of sp³-hybridized carbons (Fsp3) is 0.647. The highest BCUT2D eigenvalue weighted by Crippen LogP contribution is 2.27. The Kier molecular flexibility index (Phi) is 7.58. The normalized spacial score (nSPS) is 18.0. The van der Waals surface area contributed by atoms with Gasteiger partial charge in [-0.15, -0.1) is 0 Å². The molecular weight excluding hydrogens is 268 g/mol. The van der Waals surface area contributed by atoms with Gasteiger partial charge in [0.05, 0.1) is 6.10 Å². The molecule has 0 fully saturated rings. The van der Waals surface area contributed by atoms with Crippen LogP contribution in [0.4, 0.5) is 0 Å². The molecule has 0 heterocycles. The second-order valence-electron chi connectivity index (χ2n) is 5.71. The van der Waals surface area contributed by atoms with E-state index in [9.17, 15) is 9.59 Å². The van der Waals surface area contributed by atoms with Crippen LogP contribution in [0.1, 0.15) is 53.9 Å². The van der Waals surface area contributed by atoms with Gasteiger partial charge < -0.3 is 9.47 Å². The first kappa shape index (κ1) is 19.6. The Morgan fingerprint density at radius 3 is 2.10 bits per heavy atom. The SMILES string of the molecule is C=CC(=O)OC(C)(CC)CC(C)OC(C)(CC)C(=O)C=C. The monoisotopic (exact) mass is 296 g/mol. The summed E-state index contributed by atoms with van der Waals surface area (Å²) in [6.07, 6.45) is 3.91. The van der Waals surface area contributed by atoms with Gasteiger partial charge in [0.2, 0.25) is 0 Å². The minimum absolute atomic E-state index is 0.141.